The van der Waals surface area contributed by atoms with Crippen LogP contribution < -0.4 is 9.47 Å². The van der Waals surface area contributed by atoms with Crippen molar-refractivity contribution in [2.24, 2.45) is 0 Å². The first kappa shape index (κ1) is 16.9. The predicted octanol–water partition coefficient (Wildman–Crippen LogP) is 3.91. The summed E-state index contributed by atoms with van der Waals surface area (Å²) < 4.78 is 49.1. The molecule has 0 spiro atoms. The van der Waals surface area contributed by atoms with Crippen LogP contribution in [0.3, 0.4) is 0 Å². The van der Waals surface area contributed by atoms with E-state index in [0.717, 1.165) is 6.07 Å². The van der Waals surface area contributed by atoms with Gasteiger partial charge in [-0.05, 0) is 26.8 Å². The molecule has 1 aromatic rings. The molecule has 0 heterocycles. The van der Waals surface area contributed by atoms with E-state index in [1.54, 1.807) is 13.8 Å². The number of rotatable bonds is 5. The van der Waals surface area contributed by atoms with Crippen molar-refractivity contribution in [2.45, 2.75) is 32.5 Å². The molecule has 1 atom stereocenters. The van der Waals surface area contributed by atoms with Crippen LogP contribution in [0.15, 0.2) is 12.1 Å². The maximum atomic E-state index is 12.9. The third-order valence-electron chi connectivity index (χ3n) is 2.71. The van der Waals surface area contributed by atoms with Crippen LogP contribution >= 0.6 is 11.6 Å². The minimum Gasteiger partial charge on any atom is -0.490 e. The van der Waals surface area contributed by atoms with Crippen molar-refractivity contribution in [1.82, 2.24) is 0 Å². The zero-order chi connectivity index (χ0) is 15.6. The molecule has 0 saturated heterocycles. The van der Waals surface area contributed by atoms with Gasteiger partial charge in [-0.25, -0.2) is 0 Å². The van der Waals surface area contributed by atoms with E-state index in [0.29, 0.717) is 13.5 Å². The van der Waals surface area contributed by atoms with Gasteiger partial charge in [0.2, 0.25) is 0 Å². The van der Waals surface area contributed by atoms with Crippen LogP contribution in [-0.2, 0) is 5.60 Å². The fraction of sp³-hybridized carbons (Fsp3) is 0.538. The second-order valence-electron chi connectivity index (χ2n) is 4.21. The number of hydrogen-bond donors (Lipinski definition) is 1. The molecule has 114 valence electrons. The van der Waals surface area contributed by atoms with E-state index in [1.165, 1.54) is 6.07 Å². The van der Waals surface area contributed by atoms with Gasteiger partial charge >= 0.3 is 6.18 Å². The van der Waals surface area contributed by atoms with Crippen molar-refractivity contribution in [2.75, 3.05) is 13.2 Å². The van der Waals surface area contributed by atoms with Gasteiger partial charge in [-0.1, -0.05) is 11.6 Å². The highest BCUT2D eigenvalue weighted by atomic mass is 35.5. The average Bonchev–Trinajstić information content (AvgIpc) is 2.31. The van der Waals surface area contributed by atoms with Crippen molar-refractivity contribution < 1.29 is 27.8 Å². The Kier molecular flexibility index (Phi) is 5.15. The van der Waals surface area contributed by atoms with E-state index >= 15 is 0 Å². The Morgan fingerprint density at radius 2 is 1.55 bits per heavy atom. The highest BCUT2D eigenvalue weighted by molar-refractivity contribution is 6.31. The topological polar surface area (TPSA) is 38.7 Å². The van der Waals surface area contributed by atoms with Crippen molar-refractivity contribution >= 4 is 11.6 Å². The molecule has 0 aliphatic carbocycles. The lowest BCUT2D eigenvalue weighted by atomic mass is 9.95. The number of halogens is 4. The molecular weight excluding hydrogens is 297 g/mol. The van der Waals surface area contributed by atoms with E-state index < -0.39 is 17.3 Å². The quantitative estimate of drug-likeness (QED) is 0.896. The summed E-state index contributed by atoms with van der Waals surface area (Å²) >= 11 is 5.83. The van der Waals surface area contributed by atoms with Crippen LogP contribution in [0.2, 0.25) is 5.02 Å². The maximum absolute atomic E-state index is 12.9. The first-order valence-corrected chi connectivity index (χ1v) is 6.41. The highest BCUT2D eigenvalue weighted by Gasteiger charge is 2.52. The molecular formula is C13H16ClF3O3. The van der Waals surface area contributed by atoms with Crippen molar-refractivity contribution in [3.63, 3.8) is 0 Å². The minimum absolute atomic E-state index is 0.110. The van der Waals surface area contributed by atoms with Crippen molar-refractivity contribution in [3.8, 4) is 11.5 Å². The molecule has 3 nitrogen and oxygen atoms in total. The Labute approximate surface area is 120 Å². The fourth-order valence-electron chi connectivity index (χ4n) is 1.60. The second-order valence-corrected chi connectivity index (χ2v) is 4.62. The largest absolute Gasteiger partial charge is 0.490 e. The zero-order valence-corrected chi connectivity index (χ0v) is 12.1. The summed E-state index contributed by atoms with van der Waals surface area (Å²) in [6.45, 7) is 4.61. The summed E-state index contributed by atoms with van der Waals surface area (Å²) in [4.78, 5) is 0. The molecule has 0 aliphatic heterocycles. The number of hydrogen-bond acceptors (Lipinski definition) is 3. The lowest BCUT2D eigenvalue weighted by Crippen LogP contribution is -2.39. The van der Waals surface area contributed by atoms with Crippen LogP contribution in [0.1, 0.15) is 26.3 Å². The standard InChI is InChI=1S/C13H16ClF3O3/c1-4-19-10-6-8(12(3,18)13(15,16)17)9(14)7-11(10)20-5-2/h6-7,18H,4-5H2,1-3H3. The third kappa shape index (κ3) is 3.30. The number of benzene rings is 1. The van der Waals surface area contributed by atoms with Gasteiger partial charge in [-0.2, -0.15) is 13.2 Å². The van der Waals surface area contributed by atoms with E-state index in [2.05, 4.69) is 0 Å². The van der Waals surface area contributed by atoms with Gasteiger partial charge in [-0.15, -0.1) is 0 Å². The SMILES string of the molecule is CCOc1cc(Cl)c(C(C)(O)C(F)(F)F)cc1OCC. The molecule has 0 amide bonds. The third-order valence-corrected chi connectivity index (χ3v) is 3.02. The first-order chi connectivity index (χ1) is 9.15. The summed E-state index contributed by atoms with van der Waals surface area (Å²) in [6, 6.07) is 2.27. The van der Waals surface area contributed by atoms with Crippen LogP contribution in [0, 0.1) is 0 Å². The highest BCUT2D eigenvalue weighted by Crippen LogP contribution is 2.45. The van der Waals surface area contributed by atoms with Crippen LogP contribution in [0.25, 0.3) is 0 Å². The molecule has 7 heteroatoms. The summed E-state index contributed by atoms with van der Waals surface area (Å²) in [5.41, 5.74) is -3.54. The summed E-state index contributed by atoms with van der Waals surface area (Å²) in [7, 11) is 0. The molecule has 0 saturated carbocycles. The molecule has 0 fully saturated rings. The Bertz CT molecular complexity index is 473. The van der Waals surface area contributed by atoms with E-state index in [9.17, 15) is 18.3 Å². The molecule has 1 unspecified atom stereocenters. The monoisotopic (exact) mass is 312 g/mol. The van der Waals surface area contributed by atoms with Gasteiger partial charge < -0.3 is 14.6 Å². The molecule has 0 bridgehead atoms. The molecule has 1 rings (SSSR count). The summed E-state index contributed by atoms with van der Waals surface area (Å²) in [5.74, 6) is 0.347. The fourth-order valence-corrected chi connectivity index (χ4v) is 1.94. The molecule has 1 aromatic carbocycles. The Morgan fingerprint density at radius 1 is 1.10 bits per heavy atom. The number of aliphatic hydroxyl groups is 1. The molecule has 0 radical (unpaired) electrons. The summed E-state index contributed by atoms with van der Waals surface area (Å²) in [5, 5.41) is 9.47. The van der Waals surface area contributed by atoms with Crippen LogP contribution in [0.5, 0.6) is 11.5 Å². The first-order valence-electron chi connectivity index (χ1n) is 6.03. The normalized spacial score (nSPS) is 14.8. The molecule has 1 N–H and O–H groups in total. The van der Waals surface area contributed by atoms with Gasteiger partial charge in [0, 0.05) is 11.6 Å². The van der Waals surface area contributed by atoms with E-state index in [1.807, 2.05) is 0 Å². The van der Waals surface area contributed by atoms with Gasteiger partial charge in [0.1, 0.15) is 0 Å². The summed E-state index contributed by atoms with van der Waals surface area (Å²) in [6.07, 6.45) is -4.85. The van der Waals surface area contributed by atoms with E-state index in [-0.39, 0.29) is 23.1 Å². The van der Waals surface area contributed by atoms with E-state index in [4.69, 9.17) is 21.1 Å². The van der Waals surface area contributed by atoms with Gasteiger partial charge in [0.25, 0.3) is 0 Å². The van der Waals surface area contributed by atoms with Gasteiger partial charge in [-0.3, -0.25) is 0 Å². The van der Waals surface area contributed by atoms with Crippen molar-refractivity contribution in [1.29, 1.82) is 0 Å². The van der Waals surface area contributed by atoms with Crippen molar-refractivity contribution in [3.05, 3.63) is 22.7 Å². The average molecular weight is 313 g/mol. The predicted molar refractivity (Wildman–Crippen MR) is 69.4 cm³/mol. The van der Waals surface area contributed by atoms with Crippen LogP contribution in [-0.4, -0.2) is 24.5 Å². The lowest BCUT2D eigenvalue weighted by Gasteiger charge is -2.28. The Balaban J connectivity index is 3.38. The Morgan fingerprint density at radius 3 is 1.95 bits per heavy atom. The maximum Gasteiger partial charge on any atom is 0.421 e. The Hall–Kier alpha value is -1.14. The van der Waals surface area contributed by atoms with Gasteiger partial charge in [0.15, 0.2) is 17.1 Å². The molecule has 0 aromatic heterocycles. The molecule has 0 aliphatic rings. The zero-order valence-electron chi connectivity index (χ0n) is 11.3. The minimum atomic E-state index is -4.85. The van der Waals surface area contributed by atoms with Crippen LogP contribution in [0.4, 0.5) is 13.2 Å². The molecule has 20 heavy (non-hydrogen) atoms. The smallest absolute Gasteiger partial charge is 0.421 e. The van der Waals surface area contributed by atoms with Gasteiger partial charge in [0.05, 0.1) is 18.2 Å². The lowest BCUT2D eigenvalue weighted by molar-refractivity contribution is -0.258. The number of alkyl halides is 3. The second kappa shape index (κ2) is 6.10. The number of ether oxygens (including phenoxy) is 2.